The van der Waals surface area contributed by atoms with Crippen molar-refractivity contribution in [1.29, 1.82) is 0 Å². The van der Waals surface area contributed by atoms with Gasteiger partial charge in [-0.25, -0.2) is 0 Å². The van der Waals surface area contributed by atoms with Crippen molar-refractivity contribution in [2.24, 2.45) is 0 Å². The lowest BCUT2D eigenvalue weighted by Gasteiger charge is -2.22. The number of rotatable bonds is 5. The van der Waals surface area contributed by atoms with Crippen LogP contribution in [0.1, 0.15) is 37.4 Å². The molecule has 2 heterocycles. The van der Waals surface area contributed by atoms with E-state index in [9.17, 15) is 0 Å². The molecule has 0 aliphatic heterocycles. The van der Waals surface area contributed by atoms with E-state index in [2.05, 4.69) is 31.2 Å². The van der Waals surface area contributed by atoms with E-state index in [1.807, 2.05) is 10.9 Å². The Morgan fingerprint density at radius 1 is 1.45 bits per heavy atom. The average molecular weight is 341 g/mol. The molecule has 0 atom stereocenters. The Kier molecular flexibility index (Phi) is 3.89. The normalized spacial score (nSPS) is 17.7. The summed E-state index contributed by atoms with van der Waals surface area (Å²) >= 11 is 3.37. The van der Waals surface area contributed by atoms with E-state index in [4.69, 9.17) is 9.26 Å². The topological polar surface area (TPSA) is 66.0 Å². The molecule has 1 aliphatic rings. The third kappa shape index (κ3) is 2.64. The first-order chi connectivity index (χ1) is 9.72. The molecular weight excluding hydrogens is 324 g/mol. The molecule has 3 rings (SSSR count). The molecule has 0 saturated heterocycles. The number of methoxy groups -OCH3 is 1. The van der Waals surface area contributed by atoms with Gasteiger partial charge in [-0.05, 0) is 41.6 Å². The Labute approximate surface area is 125 Å². The molecular formula is C13H17BrN4O2. The van der Waals surface area contributed by atoms with Gasteiger partial charge in [0.15, 0.2) is 0 Å². The third-order valence-corrected chi connectivity index (χ3v) is 4.24. The van der Waals surface area contributed by atoms with Crippen LogP contribution in [0.5, 0.6) is 0 Å². The molecule has 6 nitrogen and oxygen atoms in total. The van der Waals surface area contributed by atoms with Crippen LogP contribution in [0.15, 0.2) is 21.4 Å². The van der Waals surface area contributed by atoms with Crippen LogP contribution in [-0.2, 0) is 23.3 Å². The van der Waals surface area contributed by atoms with Crippen LogP contribution in [0, 0.1) is 0 Å². The van der Waals surface area contributed by atoms with Crippen LogP contribution in [0.4, 0.5) is 0 Å². The highest BCUT2D eigenvalue weighted by Crippen LogP contribution is 2.40. The van der Waals surface area contributed by atoms with Gasteiger partial charge in [0.2, 0.25) is 11.7 Å². The Morgan fingerprint density at radius 3 is 2.90 bits per heavy atom. The maximum absolute atomic E-state index is 5.66. The van der Waals surface area contributed by atoms with Crippen molar-refractivity contribution in [3.63, 3.8) is 0 Å². The van der Waals surface area contributed by atoms with E-state index in [0.717, 1.165) is 30.2 Å². The number of hydrogen-bond donors (Lipinski definition) is 0. The van der Waals surface area contributed by atoms with E-state index < -0.39 is 0 Å². The summed E-state index contributed by atoms with van der Waals surface area (Å²) in [5.74, 6) is 1.32. The molecule has 108 valence electrons. The summed E-state index contributed by atoms with van der Waals surface area (Å²) < 4.78 is 13.8. The first kappa shape index (κ1) is 13.8. The number of halogens is 1. The monoisotopic (exact) mass is 340 g/mol. The fraction of sp³-hybridized carbons (Fsp3) is 0.615. The van der Waals surface area contributed by atoms with Crippen molar-refractivity contribution in [1.82, 2.24) is 19.9 Å². The Bertz CT molecular complexity index is 574. The van der Waals surface area contributed by atoms with Gasteiger partial charge in [0.25, 0.3) is 0 Å². The fourth-order valence-electron chi connectivity index (χ4n) is 2.68. The second-order valence-corrected chi connectivity index (χ2v) is 6.00. The molecule has 0 radical (unpaired) electrons. The molecule has 0 amide bonds. The second-order valence-electron chi connectivity index (χ2n) is 5.09. The Hall–Kier alpha value is -1.21. The Morgan fingerprint density at radius 2 is 2.25 bits per heavy atom. The lowest BCUT2D eigenvalue weighted by Crippen LogP contribution is -2.26. The zero-order chi connectivity index (χ0) is 14.0. The van der Waals surface area contributed by atoms with Crippen LogP contribution in [-0.4, -0.2) is 27.0 Å². The van der Waals surface area contributed by atoms with Gasteiger partial charge in [-0.3, -0.25) is 4.68 Å². The summed E-state index contributed by atoms with van der Waals surface area (Å²) in [5, 5.41) is 8.31. The van der Waals surface area contributed by atoms with Crippen molar-refractivity contribution in [2.75, 3.05) is 7.11 Å². The smallest absolute Gasteiger partial charge is 0.228 e. The molecule has 7 heteroatoms. The predicted molar refractivity (Wildman–Crippen MR) is 75.1 cm³/mol. The van der Waals surface area contributed by atoms with Gasteiger partial charge in [0.1, 0.15) is 5.60 Å². The van der Waals surface area contributed by atoms with Crippen LogP contribution < -0.4 is 0 Å². The first-order valence-corrected chi connectivity index (χ1v) is 7.57. The summed E-state index contributed by atoms with van der Waals surface area (Å²) in [6, 6.07) is 0. The first-order valence-electron chi connectivity index (χ1n) is 6.78. The summed E-state index contributed by atoms with van der Waals surface area (Å²) in [4.78, 5) is 4.50. The van der Waals surface area contributed by atoms with E-state index in [-0.39, 0.29) is 5.60 Å². The highest BCUT2D eigenvalue weighted by atomic mass is 79.9. The maximum atomic E-state index is 5.66. The standard InChI is InChI=1S/C13H17BrN4O2/c1-19-13(5-2-3-6-13)12-16-11(20-17-12)4-7-18-9-10(14)8-15-18/h8-9H,2-7H2,1H3. The van der Waals surface area contributed by atoms with Gasteiger partial charge in [0.05, 0.1) is 10.7 Å². The number of aryl methyl sites for hydroxylation is 2. The third-order valence-electron chi connectivity index (χ3n) is 3.83. The molecule has 1 fully saturated rings. The summed E-state index contributed by atoms with van der Waals surface area (Å²) in [5.41, 5.74) is -0.337. The fourth-order valence-corrected chi connectivity index (χ4v) is 3.01. The maximum Gasteiger partial charge on any atom is 0.228 e. The minimum atomic E-state index is -0.337. The largest absolute Gasteiger partial charge is 0.370 e. The minimum absolute atomic E-state index is 0.337. The molecule has 20 heavy (non-hydrogen) atoms. The van der Waals surface area contributed by atoms with Gasteiger partial charge < -0.3 is 9.26 Å². The quantitative estimate of drug-likeness (QED) is 0.837. The van der Waals surface area contributed by atoms with E-state index >= 15 is 0 Å². The number of ether oxygens (including phenoxy) is 1. The van der Waals surface area contributed by atoms with Crippen LogP contribution >= 0.6 is 15.9 Å². The molecule has 2 aromatic heterocycles. The molecule has 0 N–H and O–H groups in total. The molecule has 0 spiro atoms. The van der Waals surface area contributed by atoms with Crippen LogP contribution in [0.3, 0.4) is 0 Å². The molecule has 2 aromatic rings. The zero-order valence-corrected chi connectivity index (χ0v) is 13.0. The van der Waals surface area contributed by atoms with Gasteiger partial charge in [-0.2, -0.15) is 10.1 Å². The van der Waals surface area contributed by atoms with E-state index in [1.54, 1.807) is 13.3 Å². The molecule has 0 aromatic carbocycles. The average Bonchev–Trinajstić information content (AvgIpc) is 3.17. The molecule has 0 bridgehead atoms. The highest BCUT2D eigenvalue weighted by molar-refractivity contribution is 9.10. The SMILES string of the molecule is COC1(c2noc(CCn3cc(Br)cn3)n2)CCCC1. The highest BCUT2D eigenvalue weighted by Gasteiger charge is 2.40. The summed E-state index contributed by atoms with van der Waals surface area (Å²) in [7, 11) is 1.72. The van der Waals surface area contributed by atoms with Crippen molar-refractivity contribution in [3.8, 4) is 0 Å². The number of nitrogens with zero attached hydrogens (tertiary/aromatic N) is 4. The van der Waals surface area contributed by atoms with Crippen molar-refractivity contribution >= 4 is 15.9 Å². The van der Waals surface area contributed by atoms with E-state index in [0.29, 0.717) is 24.7 Å². The number of hydrogen-bond acceptors (Lipinski definition) is 5. The van der Waals surface area contributed by atoms with Crippen LogP contribution in [0.25, 0.3) is 0 Å². The zero-order valence-electron chi connectivity index (χ0n) is 11.4. The molecule has 1 aliphatic carbocycles. The number of aromatic nitrogens is 4. The van der Waals surface area contributed by atoms with Crippen molar-refractivity contribution in [2.45, 2.75) is 44.2 Å². The predicted octanol–water partition coefficient (Wildman–Crippen LogP) is 2.69. The summed E-state index contributed by atoms with van der Waals surface area (Å²) in [6.45, 7) is 0.715. The van der Waals surface area contributed by atoms with Gasteiger partial charge >= 0.3 is 0 Å². The minimum Gasteiger partial charge on any atom is -0.370 e. The van der Waals surface area contributed by atoms with Crippen LogP contribution in [0.2, 0.25) is 0 Å². The lowest BCUT2D eigenvalue weighted by molar-refractivity contribution is -0.0178. The summed E-state index contributed by atoms with van der Waals surface area (Å²) in [6.07, 6.45) is 8.59. The van der Waals surface area contributed by atoms with Gasteiger partial charge in [-0.1, -0.05) is 5.16 Å². The van der Waals surface area contributed by atoms with E-state index in [1.165, 1.54) is 0 Å². The lowest BCUT2D eigenvalue weighted by atomic mass is 10.0. The Balaban J connectivity index is 1.67. The molecule has 1 saturated carbocycles. The second kappa shape index (κ2) is 5.65. The van der Waals surface area contributed by atoms with Gasteiger partial charge in [0, 0.05) is 26.3 Å². The molecule has 0 unspecified atom stereocenters. The van der Waals surface area contributed by atoms with Crippen molar-refractivity contribution < 1.29 is 9.26 Å². The van der Waals surface area contributed by atoms with Crippen molar-refractivity contribution in [3.05, 3.63) is 28.6 Å². The van der Waals surface area contributed by atoms with Gasteiger partial charge in [-0.15, -0.1) is 0 Å².